The lowest BCUT2D eigenvalue weighted by molar-refractivity contribution is -0.137. The van der Waals surface area contributed by atoms with Crippen LogP contribution in [0.1, 0.15) is 33.9 Å². The molecular weight excluding hydrogens is 507 g/mol. The van der Waals surface area contributed by atoms with Crippen LogP contribution in [-0.4, -0.2) is 28.7 Å². The van der Waals surface area contributed by atoms with E-state index < -0.39 is 53.4 Å². The van der Waals surface area contributed by atoms with Crippen molar-refractivity contribution in [1.82, 2.24) is 4.90 Å². The fourth-order valence-corrected chi connectivity index (χ4v) is 6.18. The molecule has 6 nitrogen and oxygen atoms in total. The van der Waals surface area contributed by atoms with Gasteiger partial charge in [-0.3, -0.25) is 14.4 Å². The number of fused-ring (bicyclic) bond motifs is 5. The Morgan fingerprint density at radius 2 is 1.56 bits per heavy atom. The minimum atomic E-state index is -4.58. The lowest BCUT2D eigenvalue weighted by Gasteiger charge is -2.35. The summed E-state index contributed by atoms with van der Waals surface area (Å²) < 4.78 is 39.8. The number of alkyl halides is 3. The Labute approximate surface area is 222 Å². The van der Waals surface area contributed by atoms with Crippen molar-refractivity contribution < 1.29 is 27.6 Å². The number of carbonyl (C=O) groups excluding carboxylic acids is 3. The van der Waals surface area contributed by atoms with Crippen molar-refractivity contribution in [2.24, 2.45) is 11.8 Å². The van der Waals surface area contributed by atoms with Crippen LogP contribution in [0, 0.1) is 25.7 Å². The SMILES string of the molecule is Cc1cc(C)cc(N2C(=O)[C@@H]3[C@H](C2=O)[C@H]2c4ccccc4C=CN2[C@@H]3C(=O)Nc2cccc(C(F)(F)F)c2)c1. The molecule has 3 heterocycles. The molecule has 0 aliphatic carbocycles. The second kappa shape index (κ2) is 8.83. The zero-order valence-corrected chi connectivity index (χ0v) is 21.1. The number of hydrogen-bond acceptors (Lipinski definition) is 4. The van der Waals surface area contributed by atoms with Gasteiger partial charge in [-0.05, 0) is 72.5 Å². The maximum absolute atomic E-state index is 14.0. The molecule has 2 fully saturated rings. The van der Waals surface area contributed by atoms with Gasteiger partial charge in [0.25, 0.3) is 0 Å². The quantitative estimate of drug-likeness (QED) is 0.455. The molecule has 9 heteroatoms. The second-order valence-corrected chi connectivity index (χ2v) is 10.3. The summed E-state index contributed by atoms with van der Waals surface area (Å²) in [7, 11) is 0. The van der Waals surface area contributed by atoms with Gasteiger partial charge >= 0.3 is 6.18 Å². The molecule has 6 rings (SSSR count). The first-order chi connectivity index (χ1) is 18.5. The third kappa shape index (κ3) is 4.00. The van der Waals surface area contributed by atoms with Crippen molar-refractivity contribution in [3.63, 3.8) is 0 Å². The highest BCUT2D eigenvalue weighted by molar-refractivity contribution is 6.24. The Morgan fingerprint density at radius 3 is 2.28 bits per heavy atom. The highest BCUT2D eigenvalue weighted by atomic mass is 19.4. The van der Waals surface area contributed by atoms with Crippen molar-refractivity contribution in [1.29, 1.82) is 0 Å². The summed E-state index contributed by atoms with van der Waals surface area (Å²) in [4.78, 5) is 44.5. The van der Waals surface area contributed by atoms with Crippen LogP contribution in [0.25, 0.3) is 6.08 Å². The number of nitrogens with one attached hydrogen (secondary N) is 1. The third-order valence-electron chi connectivity index (χ3n) is 7.65. The van der Waals surface area contributed by atoms with Crippen LogP contribution in [0.15, 0.2) is 72.9 Å². The number of aryl methyl sites for hydroxylation is 2. The highest BCUT2D eigenvalue weighted by Gasteiger charge is 2.64. The Morgan fingerprint density at radius 1 is 0.872 bits per heavy atom. The average molecular weight is 532 g/mol. The van der Waals surface area contributed by atoms with Crippen LogP contribution in [0.2, 0.25) is 0 Å². The van der Waals surface area contributed by atoms with Gasteiger partial charge in [0.1, 0.15) is 6.04 Å². The number of amides is 3. The molecule has 0 unspecified atom stereocenters. The van der Waals surface area contributed by atoms with E-state index in [0.29, 0.717) is 5.69 Å². The van der Waals surface area contributed by atoms with Crippen LogP contribution in [0.3, 0.4) is 0 Å². The van der Waals surface area contributed by atoms with E-state index in [1.807, 2.05) is 50.3 Å². The zero-order valence-electron chi connectivity index (χ0n) is 21.1. The van der Waals surface area contributed by atoms with Crippen molar-refractivity contribution in [3.8, 4) is 0 Å². The summed E-state index contributed by atoms with van der Waals surface area (Å²) in [6.45, 7) is 3.75. The number of hydrogen-bond donors (Lipinski definition) is 1. The first-order valence-corrected chi connectivity index (χ1v) is 12.5. The van der Waals surface area contributed by atoms with E-state index in [0.717, 1.165) is 39.3 Å². The molecule has 0 radical (unpaired) electrons. The fraction of sp³-hybridized carbons (Fsp3) is 0.233. The molecule has 39 heavy (non-hydrogen) atoms. The largest absolute Gasteiger partial charge is 0.416 e. The fourth-order valence-electron chi connectivity index (χ4n) is 6.18. The Bertz CT molecular complexity index is 1540. The normalized spacial score (nSPS) is 23.5. The Kier molecular flexibility index (Phi) is 5.64. The van der Waals surface area contributed by atoms with E-state index in [9.17, 15) is 27.6 Å². The smallest absolute Gasteiger partial charge is 0.357 e. The average Bonchev–Trinajstić information content (AvgIpc) is 3.35. The van der Waals surface area contributed by atoms with Crippen molar-refractivity contribution in [2.75, 3.05) is 10.2 Å². The van der Waals surface area contributed by atoms with Gasteiger partial charge in [0.15, 0.2) is 0 Å². The van der Waals surface area contributed by atoms with E-state index in [1.165, 1.54) is 12.1 Å². The molecule has 1 N–H and O–H groups in total. The van der Waals surface area contributed by atoms with Gasteiger partial charge in [-0.2, -0.15) is 13.2 Å². The summed E-state index contributed by atoms with van der Waals surface area (Å²) in [6, 6.07) is 15.6. The molecule has 198 valence electrons. The van der Waals surface area contributed by atoms with Crippen LogP contribution < -0.4 is 10.2 Å². The number of carbonyl (C=O) groups is 3. The predicted molar refractivity (Wildman–Crippen MR) is 139 cm³/mol. The van der Waals surface area contributed by atoms with E-state index in [2.05, 4.69) is 5.32 Å². The van der Waals surface area contributed by atoms with Gasteiger partial charge in [-0.15, -0.1) is 0 Å². The molecule has 0 bridgehead atoms. The molecule has 3 aromatic carbocycles. The van der Waals surface area contributed by atoms with Crippen LogP contribution >= 0.6 is 0 Å². The summed E-state index contributed by atoms with van der Waals surface area (Å²) in [6.07, 6.45) is -1.07. The van der Waals surface area contributed by atoms with E-state index in [-0.39, 0.29) is 5.69 Å². The number of anilines is 2. The first kappa shape index (κ1) is 24.9. The molecular formula is C30H24F3N3O3. The van der Waals surface area contributed by atoms with E-state index in [1.54, 1.807) is 23.2 Å². The summed E-state index contributed by atoms with van der Waals surface area (Å²) in [5.41, 5.74) is 2.96. The van der Waals surface area contributed by atoms with Gasteiger partial charge in [0.2, 0.25) is 17.7 Å². The Hall–Kier alpha value is -4.40. The maximum Gasteiger partial charge on any atom is 0.416 e. The van der Waals surface area contributed by atoms with Crippen LogP contribution in [-0.2, 0) is 20.6 Å². The summed E-state index contributed by atoms with van der Waals surface area (Å²) in [5, 5.41) is 2.58. The lowest BCUT2D eigenvalue weighted by atomic mass is 9.84. The van der Waals surface area contributed by atoms with E-state index >= 15 is 0 Å². The van der Waals surface area contributed by atoms with Gasteiger partial charge in [-0.1, -0.05) is 36.4 Å². The van der Waals surface area contributed by atoms with Crippen molar-refractivity contribution in [2.45, 2.75) is 32.1 Å². The molecule has 0 aromatic heterocycles. The summed E-state index contributed by atoms with van der Waals surface area (Å²) >= 11 is 0. The molecule has 2 saturated heterocycles. The Balaban J connectivity index is 1.43. The molecule has 3 aliphatic rings. The highest BCUT2D eigenvalue weighted by Crippen LogP contribution is 2.53. The molecule has 4 atom stereocenters. The van der Waals surface area contributed by atoms with E-state index in [4.69, 9.17) is 0 Å². The molecule has 3 aromatic rings. The number of benzene rings is 3. The predicted octanol–water partition coefficient (Wildman–Crippen LogP) is 5.48. The molecule has 3 amide bonds. The third-order valence-corrected chi connectivity index (χ3v) is 7.65. The maximum atomic E-state index is 14.0. The number of nitrogens with zero attached hydrogens (tertiary/aromatic N) is 2. The second-order valence-electron chi connectivity index (χ2n) is 10.3. The molecule has 0 spiro atoms. The standard InChI is InChI=1S/C30H24F3N3O3/c1-16-12-17(2)14-21(13-16)36-28(38)23-24(29(36)39)26(35-11-10-18-6-3-4-9-22(18)25(23)35)27(37)34-20-8-5-7-19(15-20)30(31,32)33/h3-15,23-26H,1-2H3,(H,34,37)/t23-,24+,25+,26-/m0/s1. The topological polar surface area (TPSA) is 69.7 Å². The first-order valence-electron chi connectivity index (χ1n) is 12.5. The lowest BCUT2D eigenvalue weighted by Crippen LogP contribution is -2.46. The van der Waals surface area contributed by atoms with Crippen LogP contribution in [0.4, 0.5) is 24.5 Å². The van der Waals surface area contributed by atoms with Gasteiger partial charge < -0.3 is 10.2 Å². The monoisotopic (exact) mass is 531 g/mol. The number of rotatable bonds is 3. The molecule has 3 aliphatic heterocycles. The van der Waals surface area contributed by atoms with Crippen molar-refractivity contribution in [3.05, 3.63) is 101 Å². The number of imide groups is 1. The number of halogens is 3. The molecule has 0 saturated carbocycles. The van der Waals surface area contributed by atoms with Gasteiger partial charge in [0, 0.05) is 11.9 Å². The zero-order chi connectivity index (χ0) is 27.6. The van der Waals surface area contributed by atoms with Crippen molar-refractivity contribution >= 4 is 35.2 Å². The minimum Gasteiger partial charge on any atom is -0.357 e. The van der Waals surface area contributed by atoms with Gasteiger partial charge in [0.05, 0.1) is 29.1 Å². The summed E-state index contributed by atoms with van der Waals surface area (Å²) in [5.74, 6) is -3.42. The van der Waals surface area contributed by atoms with Gasteiger partial charge in [-0.25, -0.2) is 4.90 Å². The van der Waals surface area contributed by atoms with Crippen LogP contribution in [0.5, 0.6) is 0 Å². The minimum absolute atomic E-state index is 0.0425.